The highest BCUT2D eigenvalue weighted by molar-refractivity contribution is 14.0. The predicted octanol–water partition coefficient (Wildman–Crippen LogP) is 3.45. The number of halogens is 2. The molecule has 1 aliphatic rings. The molecule has 0 aromatic carbocycles. The molecule has 1 aliphatic carbocycles. The van der Waals surface area contributed by atoms with E-state index in [1.807, 2.05) is 28.9 Å². The van der Waals surface area contributed by atoms with Crippen molar-refractivity contribution in [3.63, 3.8) is 0 Å². The summed E-state index contributed by atoms with van der Waals surface area (Å²) in [4.78, 5) is 8.93. The molecule has 5 nitrogen and oxygen atoms in total. The molecule has 22 heavy (non-hydrogen) atoms. The lowest BCUT2D eigenvalue weighted by atomic mass is 9.96. The van der Waals surface area contributed by atoms with E-state index in [1.165, 1.54) is 32.1 Å². The van der Waals surface area contributed by atoms with Crippen molar-refractivity contribution in [2.75, 3.05) is 0 Å². The highest BCUT2D eigenvalue weighted by Crippen LogP contribution is 2.17. The van der Waals surface area contributed by atoms with Crippen molar-refractivity contribution in [1.29, 1.82) is 0 Å². The molecule has 7 heteroatoms. The molecule has 2 aromatic heterocycles. The van der Waals surface area contributed by atoms with Crippen molar-refractivity contribution in [2.24, 2.45) is 10.7 Å². The van der Waals surface area contributed by atoms with Crippen LogP contribution in [-0.2, 0) is 6.54 Å². The summed E-state index contributed by atoms with van der Waals surface area (Å²) in [6.45, 7) is 0.505. The molecule has 0 spiro atoms. The molecule has 0 amide bonds. The van der Waals surface area contributed by atoms with Crippen molar-refractivity contribution < 1.29 is 0 Å². The topological polar surface area (TPSA) is 67.7 Å². The SMILES string of the molecule is I.NC(=NCc1cn2cc(Br)ccc2n1)NC1CCCCC1. The van der Waals surface area contributed by atoms with Crippen molar-refractivity contribution >= 4 is 51.5 Å². The maximum absolute atomic E-state index is 5.97. The van der Waals surface area contributed by atoms with Crippen LogP contribution in [0.2, 0.25) is 0 Å². The fourth-order valence-corrected chi connectivity index (χ4v) is 3.11. The maximum atomic E-state index is 5.97. The molecule has 3 N–H and O–H groups in total. The van der Waals surface area contributed by atoms with Gasteiger partial charge in [-0.25, -0.2) is 9.98 Å². The van der Waals surface area contributed by atoms with Gasteiger partial charge in [-0.15, -0.1) is 24.0 Å². The Morgan fingerprint density at radius 1 is 1.32 bits per heavy atom. The molecule has 0 atom stereocenters. The van der Waals surface area contributed by atoms with Crippen molar-refractivity contribution in [2.45, 2.75) is 44.7 Å². The Bertz CT molecular complexity index is 648. The zero-order valence-corrected chi connectivity index (χ0v) is 16.3. The van der Waals surface area contributed by atoms with Gasteiger partial charge in [-0.2, -0.15) is 0 Å². The first-order valence-electron chi connectivity index (χ1n) is 7.40. The molecule has 0 radical (unpaired) electrons. The largest absolute Gasteiger partial charge is 0.370 e. The van der Waals surface area contributed by atoms with Crippen LogP contribution in [0.3, 0.4) is 0 Å². The van der Waals surface area contributed by atoms with Gasteiger partial charge in [-0.1, -0.05) is 19.3 Å². The number of hydrogen-bond donors (Lipinski definition) is 2. The second-order valence-electron chi connectivity index (χ2n) is 5.53. The van der Waals surface area contributed by atoms with Crippen LogP contribution < -0.4 is 11.1 Å². The van der Waals surface area contributed by atoms with Crippen LogP contribution in [0.4, 0.5) is 0 Å². The summed E-state index contributed by atoms with van der Waals surface area (Å²) < 4.78 is 3.01. The monoisotopic (exact) mass is 477 g/mol. The van der Waals surface area contributed by atoms with Gasteiger partial charge in [0.15, 0.2) is 5.96 Å². The van der Waals surface area contributed by atoms with E-state index >= 15 is 0 Å². The summed E-state index contributed by atoms with van der Waals surface area (Å²) in [5.41, 5.74) is 7.80. The Kier molecular flexibility index (Phi) is 6.49. The second-order valence-corrected chi connectivity index (χ2v) is 6.44. The molecule has 0 saturated heterocycles. The van der Waals surface area contributed by atoms with Crippen LogP contribution in [0.25, 0.3) is 5.65 Å². The summed E-state index contributed by atoms with van der Waals surface area (Å²) in [6, 6.07) is 4.44. The minimum atomic E-state index is 0. The lowest BCUT2D eigenvalue weighted by Gasteiger charge is -2.23. The first-order chi connectivity index (χ1) is 10.2. The molecule has 1 fully saturated rings. The van der Waals surface area contributed by atoms with Crippen LogP contribution in [0.1, 0.15) is 37.8 Å². The number of aliphatic imine (C=N–C) groups is 1. The van der Waals surface area contributed by atoms with Crippen LogP contribution >= 0.6 is 39.9 Å². The first-order valence-corrected chi connectivity index (χ1v) is 8.19. The van der Waals surface area contributed by atoms with Crippen LogP contribution in [0.15, 0.2) is 34.0 Å². The summed E-state index contributed by atoms with van der Waals surface area (Å²) in [5, 5.41) is 3.32. The van der Waals surface area contributed by atoms with Gasteiger partial charge in [0.1, 0.15) is 5.65 Å². The highest BCUT2D eigenvalue weighted by Gasteiger charge is 2.13. The van der Waals surface area contributed by atoms with E-state index in [1.54, 1.807) is 0 Å². The first kappa shape index (κ1) is 17.5. The van der Waals surface area contributed by atoms with Crippen molar-refractivity contribution in [3.8, 4) is 0 Å². The highest BCUT2D eigenvalue weighted by atomic mass is 127. The summed E-state index contributed by atoms with van der Waals surface area (Å²) in [7, 11) is 0. The number of aromatic nitrogens is 2. The molecule has 0 aliphatic heterocycles. The third-order valence-electron chi connectivity index (χ3n) is 3.83. The quantitative estimate of drug-likeness (QED) is 0.404. The van der Waals surface area contributed by atoms with Crippen LogP contribution in [0, 0.1) is 0 Å². The average molecular weight is 478 g/mol. The summed E-state index contributed by atoms with van der Waals surface area (Å²) >= 11 is 3.45. The Morgan fingerprint density at radius 3 is 2.86 bits per heavy atom. The van der Waals surface area contributed by atoms with Gasteiger partial charge in [-0.05, 0) is 40.9 Å². The molecule has 2 aromatic rings. The number of fused-ring (bicyclic) bond motifs is 1. The minimum Gasteiger partial charge on any atom is -0.370 e. The van der Waals surface area contributed by atoms with Gasteiger partial charge >= 0.3 is 0 Å². The summed E-state index contributed by atoms with van der Waals surface area (Å²) in [5.74, 6) is 0.528. The molecule has 120 valence electrons. The Hall–Kier alpha value is -0.830. The van der Waals surface area contributed by atoms with E-state index in [-0.39, 0.29) is 24.0 Å². The molecule has 1 saturated carbocycles. The van der Waals surface area contributed by atoms with E-state index in [0.29, 0.717) is 18.5 Å². The standard InChI is InChI=1S/C15H20BrN5.HI/c16-11-6-7-14-19-13(10-21(14)9-11)8-18-15(17)20-12-4-2-1-3-5-12;/h6-7,9-10,12H,1-5,8H2,(H3,17,18,20);1H. The Labute approximate surface area is 155 Å². The smallest absolute Gasteiger partial charge is 0.189 e. The average Bonchev–Trinajstić information content (AvgIpc) is 2.88. The normalized spacial score (nSPS) is 16.5. The van der Waals surface area contributed by atoms with Crippen molar-refractivity contribution in [1.82, 2.24) is 14.7 Å². The lowest BCUT2D eigenvalue weighted by molar-refractivity contribution is 0.412. The number of rotatable bonds is 3. The van der Waals surface area contributed by atoms with E-state index < -0.39 is 0 Å². The maximum Gasteiger partial charge on any atom is 0.189 e. The van der Waals surface area contributed by atoms with E-state index in [2.05, 4.69) is 31.2 Å². The number of nitrogens with one attached hydrogen (secondary N) is 1. The van der Waals surface area contributed by atoms with E-state index in [4.69, 9.17) is 5.73 Å². The molecular formula is C15H21BrIN5. The molecule has 3 rings (SSSR count). The van der Waals surface area contributed by atoms with Gasteiger partial charge in [0.05, 0.1) is 12.2 Å². The Balaban J connectivity index is 0.00000176. The van der Waals surface area contributed by atoms with Gasteiger partial charge in [-0.3, -0.25) is 0 Å². The number of imidazole rings is 1. The number of hydrogen-bond acceptors (Lipinski definition) is 2. The van der Waals surface area contributed by atoms with E-state index in [9.17, 15) is 0 Å². The molecule has 0 unspecified atom stereocenters. The fraction of sp³-hybridized carbons (Fsp3) is 0.467. The van der Waals surface area contributed by atoms with Gasteiger partial charge < -0.3 is 15.5 Å². The third kappa shape index (κ3) is 4.58. The minimum absolute atomic E-state index is 0. The number of nitrogens with zero attached hydrogens (tertiary/aromatic N) is 3. The number of pyridine rings is 1. The zero-order chi connectivity index (χ0) is 14.7. The van der Waals surface area contributed by atoms with Crippen molar-refractivity contribution in [3.05, 3.63) is 34.7 Å². The summed E-state index contributed by atoms with van der Waals surface area (Å²) in [6.07, 6.45) is 10.3. The third-order valence-corrected chi connectivity index (χ3v) is 4.30. The second kappa shape index (κ2) is 8.14. The molecule has 0 bridgehead atoms. The predicted molar refractivity (Wildman–Crippen MR) is 104 cm³/mol. The van der Waals surface area contributed by atoms with E-state index in [0.717, 1.165) is 15.8 Å². The van der Waals surface area contributed by atoms with Gasteiger partial charge in [0.2, 0.25) is 0 Å². The van der Waals surface area contributed by atoms with Crippen LogP contribution in [-0.4, -0.2) is 21.4 Å². The number of nitrogens with two attached hydrogens (primary N) is 1. The van der Waals surface area contributed by atoms with Gasteiger partial charge in [0, 0.05) is 22.9 Å². The zero-order valence-electron chi connectivity index (χ0n) is 12.3. The lowest BCUT2D eigenvalue weighted by Crippen LogP contribution is -2.41. The molecular weight excluding hydrogens is 457 g/mol. The van der Waals surface area contributed by atoms with Crippen LogP contribution in [0.5, 0.6) is 0 Å². The fourth-order valence-electron chi connectivity index (χ4n) is 2.76. The Morgan fingerprint density at radius 2 is 2.09 bits per heavy atom. The van der Waals surface area contributed by atoms with Gasteiger partial charge in [0.25, 0.3) is 0 Å². The number of guanidine groups is 1. The molecule has 2 heterocycles.